The molecular formula is C23H17BrCl2N4OS. The summed E-state index contributed by atoms with van der Waals surface area (Å²) in [7, 11) is 0. The monoisotopic (exact) mass is 546 g/mol. The predicted molar refractivity (Wildman–Crippen MR) is 133 cm³/mol. The Morgan fingerprint density at radius 3 is 2.53 bits per heavy atom. The number of nitrogens with zero attached hydrogens (tertiary/aromatic N) is 3. The van der Waals surface area contributed by atoms with Gasteiger partial charge in [-0.05, 0) is 51.8 Å². The molecule has 4 rings (SSSR count). The molecule has 32 heavy (non-hydrogen) atoms. The molecular weight excluding hydrogens is 531 g/mol. The molecule has 1 heterocycles. The quantitative estimate of drug-likeness (QED) is 0.266. The number of carbonyl (C=O) groups excluding carboxylic acids is 1. The lowest BCUT2D eigenvalue weighted by Gasteiger charge is -2.13. The zero-order valence-electron chi connectivity index (χ0n) is 16.6. The zero-order chi connectivity index (χ0) is 22.5. The summed E-state index contributed by atoms with van der Waals surface area (Å²) in [4.78, 5) is 12.7. The number of amides is 1. The normalized spacial score (nSPS) is 10.8. The maximum absolute atomic E-state index is 12.7. The average molecular weight is 548 g/mol. The number of aromatic nitrogens is 3. The predicted octanol–water partition coefficient (Wildman–Crippen LogP) is 6.56. The van der Waals surface area contributed by atoms with Crippen LogP contribution in [0.15, 0.2) is 82.4 Å². The van der Waals surface area contributed by atoms with E-state index in [1.165, 1.54) is 11.8 Å². The number of hydrogen-bond donors (Lipinski definition) is 1. The molecule has 0 saturated heterocycles. The maximum atomic E-state index is 12.7. The van der Waals surface area contributed by atoms with Gasteiger partial charge < -0.3 is 5.32 Å². The Morgan fingerprint density at radius 1 is 1.00 bits per heavy atom. The van der Waals surface area contributed by atoms with Crippen molar-refractivity contribution in [2.24, 2.45) is 0 Å². The van der Waals surface area contributed by atoms with Gasteiger partial charge in [-0.2, -0.15) is 0 Å². The van der Waals surface area contributed by atoms with Crippen LogP contribution >= 0.6 is 50.9 Å². The van der Waals surface area contributed by atoms with Crippen molar-refractivity contribution in [1.29, 1.82) is 0 Å². The van der Waals surface area contributed by atoms with Gasteiger partial charge in [0.15, 0.2) is 11.0 Å². The first-order valence-corrected chi connectivity index (χ1v) is 12.2. The standard InChI is InChI=1S/C23H17BrCl2N4OS/c24-18-9-5-4-8-17(18)22(31)27-13-21-28-29-23(32-14-15-6-2-1-3-7-15)30(21)20-12-16(25)10-11-19(20)26/h1-12H,13-14H2,(H,27,31). The van der Waals surface area contributed by atoms with Crippen LogP contribution in [0.3, 0.4) is 0 Å². The Balaban J connectivity index is 1.63. The largest absolute Gasteiger partial charge is 0.345 e. The number of rotatable bonds is 7. The van der Waals surface area contributed by atoms with E-state index in [2.05, 4.69) is 43.6 Å². The van der Waals surface area contributed by atoms with Gasteiger partial charge in [-0.15, -0.1) is 10.2 Å². The van der Waals surface area contributed by atoms with Gasteiger partial charge in [-0.25, -0.2) is 0 Å². The van der Waals surface area contributed by atoms with Gasteiger partial charge in [0, 0.05) is 15.2 Å². The Hall–Kier alpha value is -2.32. The highest BCUT2D eigenvalue weighted by Gasteiger charge is 2.19. The van der Waals surface area contributed by atoms with Crippen molar-refractivity contribution < 1.29 is 4.79 Å². The van der Waals surface area contributed by atoms with E-state index in [0.29, 0.717) is 38.0 Å². The summed E-state index contributed by atoms with van der Waals surface area (Å²) >= 11 is 17.7. The second kappa shape index (κ2) is 10.5. The molecule has 3 aromatic carbocycles. The van der Waals surface area contributed by atoms with Crippen LogP contribution in [0.2, 0.25) is 10.0 Å². The number of nitrogens with one attached hydrogen (secondary N) is 1. The fourth-order valence-corrected chi connectivity index (χ4v) is 4.78. The molecule has 0 spiro atoms. The lowest BCUT2D eigenvalue weighted by atomic mass is 10.2. The number of thioether (sulfide) groups is 1. The second-order valence-corrected chi connectivity index (χ2v) is 9.41. The van der Waals surface area contributed by atoms with E-state index in [0.717, 1.165) is 10.0 Å². The summed E-state index contributed by atoms with van der Waals surface area (Å²) in [5.41, 5.74) is 2.36. The van der Waals surface area contributed by atoms with Gasteiger partial charge in [-0.1, -0.05) is 77.4 Å². The molecule has 9 heteroatoms. The lowest BCUT2D eigenvalue weighted by Crippen LogP contribution is -2.25. The van der Waals surface area contributed by atoms with Crippen molar-refractivity contribution in [1.82, 2.24) is 20.1 Å². The van der Waals surface area contributed by atoms with Crippen LogP contribution in [0.4, 0.5) is 0 Å². The molecule has 1 N–H and O–H groups in total. The van der Waals surface area contributed by atoms with Crippen LogP contribution in [-0.4, -0.2) is 20.7 Å². The van der Waals surface area contributed by atoms with E-state index in [4.69, 9.17) is 23.2 Å². The SMILES string of the molecule is O=C(NCc1nnc(SCc2ccccc2)n1-c1cc(Cl)ccc1Cl)c1ccccc1Br. The zero-order valence-corrected chi connectivity index (χ0v) is 20.5. The van der Waals surface area contributed by atoms with Crippen molar-refractivity contribution >= 4 is 56.8 Å². The summed E-state index contributed by atoms with van der Waals surface area (Å²) in [5.74, 6) is 1.04. The van der Waals surface area contributed by atoms with Gasteiger partial charge in [0.05, 0.1) is 22.8 Å². The Labute approximate surface area is 208 Å². The molecule has 0 unspecified atom stereocenters. The Kier molecular flexibility index (Phi) is 7.52. The van der Waals surface area contributed by atoms with Crippen molar-refractivity contribution in [3.05, 3.63) is 104 Å². The number of benzene rings is 3. The van der Waals surface area contributed by atoms with Crippen molar-refractivity contribution in [3.63, 3.8) is 0 Å². The molecule has 0 saturated carbocycles. The van der Waals surface area contributed by atoms with E-state index in [1.807, 2.05) is 41.0 Å². The summed E-state index contributed by atoms with van der Waals surface area (Å²) in [5, 5.41) is 13.3. The van der Waals surface area contributed by atoms with Crippen LogP contribution in [0.25, 0.3) is 5.69 Å². The van der Waals surface area contributed by atoms with Crippen LogP contribution in [0, 0.1) is 0 Å². The van der Waals surface area contributed by atoms with Crippen molar-refractivity contribution in [2.45, 2.75) is 17.5 Å². The first-order chi connectivity index (χ1) is 15.5. The molecule has 0 aliphatic carbocycles. The fraction of sp³-hybridized carbons (Fsp3) is 0.0870. The first kappa shape index (κ1) is 22.9. The first-order valence-electron chi connectivity index (χ1n) is 9.62. The van der Waals surface area contributed by atoms with Crippen LogP contribution < -0.4 is 5.32 Å². The number of carbonyl (C=O) groups is 1. The summed E-state index contributed by atoms with van der Waals surface area (Å²) in [6.45, 7) is 0.169. The molecule has 4 aromatic rings. The minimum atomic E-state index is -0.220. The average Bonchev–Trinajstić information content (AvgIpc) is 3.21. The van der Waals surface area contributed by atoms with Crippen molar-refractivity contribution in [3.8, 4) is 5.69 Å². The van der Waals surface area contributed by atoms with E-state index in [1.54, 1.807) is 24.3 Å². The Bertz CT molecular complexity index is 1250. The van der Waals surface area contributed by atoms with Crippen molar-refractivity contribution in [2.75, 3.05) is 0 Å². The molecule has 0 atom stereocenters. The van der Waals surface area contributed by atoms with Crippen LogP contribution in [0.5, 0.6) is 0 Å². The molecule has 0 fully saturated rings. The highest BCUT2D eigenvalue weighted by molar-refractivity contribution is 9.10. The van der Waals surface area contributed by atoms with Gasteiger partial charge in [0.2, 0.25) is 0 Å². The van der Waals surface area contributed by atoms with Crippen LogP contribution in [0.1, 0.15) is 21.7 Å². The highest BCUT2D eigenvalue weighted by atomic mass is 79.9. The summed E-state index contributed by atoms with van der Waals surface area (Å²) in [6.07, 6.45) is 0. The third-order valence-corrected chi connectivity index (χ3v) is 6.83. The van der Waals surface area contributed by atoms with Gasteiger partial charge in [-0.3, -0.25) is 9.36 Å². The topological polar surface area (TPSA) is 59.8 Å². The van der Waals surface area contributed by atoms with E-state index in [9.17, 15) is 4.79 Å². The molecule has 0 bridgehead atoms. The molecule has 0 radical (unpaired) electrons. The Morgan fingerprint density at radius 2 is 1.75 bits per heavy atom. The summed E-state index contributed by atoms with van der Waals surface area (Å²) in [6, 6.07) is 22.5. The molecule has 5 nitrogen and oxygen atoms in total. The third-order valence-electron chi connectivity index (χ3n) is 4.59. The van der Waals surface area contributed by atoms with Crippen LogP contribution in [-0.2, 0) is 12.3 Å². The minimum Gasteiger partial charge on any atom is -0.345 e. The fourth-order valence-electron chi connectivity index (χ4n) is 3.03. The maximum Gasteiger partial charge on any atom is 0.252 e. The van der Waals surface area contributed by atoms with Gasteiger partial charge >= 0.3 is 0 Å². The number of halogens is 3. The minimum absolute atomic E-state index is 0.169. The molecule has 0 aliphatic heterocycles. The number of hydrogen-bond acceptors (Lipinski definition) is 4. The molecule has 0 aliphatic rings. The van der Waals surface area contributed by atoms with E-state index >= 15 is 0 Å². The van der Waals surface area contributed by atoms with E-state index in [-0.39, 0.29) is 12.5 Å². The molecule has 162 valence electrons. The highest BCUT2D eigenvalue weighted by Crippen LogP contribution is 2.31. The molecule has 1 aromatic heterocycles. The molecule has 1 amide bonds. The van der Waals surface area contributed by atoms with E-state index < -0.39 is 0 Å². The van der Waals surface area contributed by atoms with Gasteiger partial charge in [0.25, 0.3) is 5.91 Å². The third kappa shape index (κ3) is 5.35. The second-order valence-electron chi connectivity index (χ2n) is 6.77. The smallest absolute Gasteiger partial charge is 0.252 e. The summed E-state index contributed by atoms with van der Waals surface area (Å²) < 4.78 is 2.55. The van der Waals surface area contributed by atoms with Gasteiger partial charge in [0.1, 0.15) is 0 Å². The lowest BCUT2D eigenvalue weighted by molar-refractivity contribution is 0.0949.